The number of hydrogen-bond donors (Lipinski definition) is 0. The molecule has 156 valence electrons. The van der Waals surface area contributed by atoms with Gasteiger partial charge in [-0.25, -0.2) is 8.42 Å². The van der Waals surface area contributed by atoms with Gasteiger partial charge in [-0.1, -0.05) is 6.07 Å². The zero-order valence-electron chi connectivity index (χ0n) is 15.9. The van der Waals surface area contributed by atoms with E-state index in [1.54, 1.807) is 25.3 Å². The first-order valence-electron chi connectivity index (χ1n) is 8.90. The Hall–Kier alpha value is -2.46. The Balaban J connectivity index is 1.79. The number of halogens is 3. The second-order valence-electron chi connectivity index (χ2n) is 6.81. The van der Waals surface area contributed by atoms with E-state index in [0.29, 0.717) is 17.3 Å². The van der Waals surface area contributed by atoms with E-state index in [9.17, 15) is 26.4 Å². The Morgan fingerprint density at radius 3 is 2.31 bits per heavy atom. The van der Waals surface area contributed by atoms with Gasteiger partial charge in [0.2, 0.25) is 10.0 Å². The monoisotopic (exact) mass is 427 g/mol. The van der Waals surface area contributed by atoms with Gasteiger partial charge >= 0.3 is 6.18 Å². The van der Waals surface area contributed by atoms with E-state index in [1.165, 1.54) is 11.8 Å². The van der Waals surface area contributed by atoms with E-state index in [1.807, 2.05) is 0 Å². The molecule has 1 amide bonds. The highest BCUT2D eigenvalue weighted by Gasteiger charge is 2.35. The summed E-state index contributed by atoms with van der Waals surface area (Å²) in [6.45, 7) is 3.46. The van der Waals surface area contributed by atoms with Crippen LogP contribution in [0.25, 0.3) is 0 Å². The molecule has 1 aromatic heterocycles. The van der Waals surface area contributed by atoms with Crippen LogP contribution in [0.1, 0.15) is 27.2 Å². The number of carbonyl (C=O) groups excluding carboxylic acids is 1. The predicted molar refractivity (Wildman–Crippen MR) is 99.8 cm³/mol. The van der Waals surface area contributed by atoms with E-state index < -0.39 is 21.8 Å². The van der Waals surface area contributed by atoms with Crippen molar-refractivity contribution in [2.24, 2.45) is 0 Å². The Bertz CT molecular complexity index is 1030. The highest BCUT2D eigenvalue weighted by Crippen LogP contribution is 2.32. The van der Waals surface area contributed by atoms with Gasteiger partial charge in [-0.3, -0.25) is 9.78 Å². The number of nitrogens with zero attached hydrogens (tertiary/aromatic N) is 3. The topological polar surface area (TPSA) is 70.6 Å². The van der Waals surface area contributed by atoms with Crippen LogP contribution in [-0.2, 0) is 16.2 Å². The Morgan fingerprint density at radius 2 is 1.72 bits per heavy atom. The first kappa shape index (κ1) is 21.3. The number of aryl methyl sites for hydroxylation is 2. The molecule has 1 saturated heterocycles. The number of pyridine rings is 1. The van der Waals surface area contributed by atoms with Crippen molar-refractivity contribution in [3.63, 3.8) is 0 Å². The Kier molecular flexibility index (Phi) is 5.68. The highest BCUT2D eigenvalue weighted by molar-refractivity contribution is 7.89. The number of alkyl halides is 3. The fourth-order valence-electron chi connectivity index (χ4n) is 3.21. The van der Waals surface area contributed by atoms with Crippen LogP contribution in [0.2, 0.25) is 0 Å². The van der Waals surface area contributed by atoms with Crippen LogP contribution < -0.4 is 0 Å². The summed E-state index contributed by atoms with van der Waals surface area (Å²) in [6.07, 6.45) is -3.06. The molecule has 10 heteroatoms. The molecule has 0 atom stereocenters. The molecular weight excluding hydrogens is 407 g/mol. The summed E-state index contributed by atoms with van der Waals surface area (Å²) in [5.74, 6) is -0.247. The minimum absolute atomic E-state index is 0.00304. The van der Waals surface area contributed by atoms with Crippen molar-refractivity contribution in [1.29, 1.82) is 0 Å². The number of benzene rings is 1. The average molecular weight is 427 g/mol. The van der Waals surface area contributed by atoms with Gasteiger partial charge in [-0.05, 0) is 43.7 Å². The van der Waals surface area contributed by atoms with Crippen LogP contribution in [-0.4, -0.2) is 54.7 Å². The SMILES string of the molecule is Cc1ccc(C(F)(F)F)cc1S(=O)(=O)N1CCN(C(=O)c2cccnc2C)CC1. The summed E-state index contributed by atoms with van der Waals surface area (Å²) in [6, 6.07) is 5.99. The second-order valence-corrected chi connectivity index (χ2v) is 8.72. The van der Waals surface area contributed by atoms with Crippen LogP contribution in [0.3, 0.4) is 0 Å². The van der Waals surface area contributed by atoms with Crippen molar-refractivity contribution in [2.75, 3.05) is 26.2 Å². The van der Waals surface area contributed by atoms with Crippen molar-refractivity contribution in [3.05, 3.63) is 58.9 Å². The van der Waals surface area contributed by atoms with Gasteiger partial charge in [-0.15, -0.1) is 0 Å². The van der Waals surface area contributed by atoms with Gasteiger partial charge in [0.25, 0.3) is 5.91 Å². The lowest BCUT2D eigenvalue weighted by molar-refractivity contribution is -0.137. The number of sulfonamides is 1. The lowest BCUT2D eigenvalue weighted by Crippen LogP contribution is -2.50. The van der Waals surface area contributed by atoms with Crippen molar-refractivity contribution in [3.8, 4) is 0 Å². The van der Waals surface area contributed by atoms with Gasteiger partial charge in [-0.2, -0.15) is 17.5 Å². The molecule has 0 N–H and O–H groups in total. The van der Waals surface area contributed by atoms with Crippen molar-refractivity contribution in [2.45, 2.75) is 24.9 Å². The fourth-order valence-corrected chi connectivity index (χ4v) is 4.88. The third-order valence-electron chi connectivity index (χ3n) is 4.90. The van der Waals surface area contributed by atoms with Crippen molar-refractivity contribution in [1.82, 2.24) is 14.2 Å². The summed E-state index contributed by atoms with van der Waals surface area (Å²) < 4.78 is 66.0. The lowest BCUT2D eigenvalue weighted by Gasteiger charge is -2.34. The molecule has 6 nitrogen and oxygen atoms in total. The molecule has 0 saturated carbocycles. The van der Waals surface area contributed by atoms with E-state index >= 15 is 0 Å². The van der Waals surface area contributed by atoms with E-state index in [2.05, 4.69) is 4.98 Å². The third-order valence-corrected chi connectivity index (χ3v) is 6.94. The molecule has 2 heterocycles. The Labute approximate surface area is 167 Å². The minimum atomic E-state index is -4.63. The van der Waals surface area contributed by atoms with Gasteiger partial charge in [0, 0.05) is 38.1 Å². The van der Waals surface area contributed by atoms with Crippen LogP contribution in [0.4, 0.5) is 13.2 Å². The van der Waals surface area contributed by atoms with Crippen LogP contribution >= 0.6 is 0 Å². The number of rotatable bonds is 3. The summed E-state index contributed by atoms with van der Waals surface area (Å²) in [4.78, 5) is 17.9. The molecular formula is C19H20F3N3O3S. The van der Waals surface area contributed by atoms with Crippen LogP contribution in [0.15, 0.2) is 41.4 Å². The van der Waals surface area contributed by atoms with Gasteiger partial charge in [0.05, 0.1) is 16.0 Å². The number of aromatic nitrogens is 1. The molecule has 1 fully saturated rings. The fraction of sp³-hybridized carbons (Fsp3) is 0.368. The maximum absolute atomic E-state index is 13.0. The molecule has 1 aliphatic rings. The maximum atomic E-state index is 13.0. The third kappa shape index (κ3) is 4.27. The second kappa shape index (κ2) is 7.75. The van der Waals surface area contributed by atoms with Crippen molar-refractivity contribution >= 4 is 15.9 Å². The summed E-state index contributed by atoms with van der Waals surface area (Å²) in [5, 5.41) is 0. The molecule has 3 rings (SSSR count). The van der Waals surface area contributed by atoms with Gasteiger partial charge < -0.3 is 4.90 Å². The minimum Gasteiger partial charge on any atom is -0.336 e. The quantitative estimate of drug-likeness (QED) is 0.755. The average Bonchev–Trinajstić information content (AvgIpc) is 2.67. The zero-order valence-corrected chi connectivity index (χ0v) is 16.7. The normalized spacial score (nSPS) is 16.1. The lowest BCUT2D eigenvalue weighted by atomic mass is 10.1. The first-order valence-corrected chi connectivity index (χ1v) is 10.3. The molecule has 0 radical (unpaired) electrons. The zero-order chi connectivity index (χ0) is 21.4. The number of hydrogen-bond acceptors (Lipinski definition) is 4. The van der Waals surface area contributed by atoms with Gasteiger partial charge in [0.15, 0.2) is 0 Å². The first-order chi connectivity index (χ1) is 13.5. The molecule has 1 aromatic carbocycles. The largest absolute Gasteiger partial charge is 0.416 e. The predicted octanol–water partition coefficient (Wildman–Crippen LogP) is 2.86. The Morgan fingerprint density at radius 1 is 1.07 bits per heavy atom. The standard InChI is InChI=1S/C19H20F3N3O3S/c1-13-5-6-15(19(20,21)22)12-17(13)29(27,28)25-10-8-24(9-11-25)18(26)16-4-3-7-23-14(16)2/h3-7,12H,8-11H2,1-2H3. The highest BCUT2D eigenvalue weighted by atomic mass is 32.2. The molecule has 1 aliphatic heterocycles. The van der Waals surface area contributed by atoms with E-state index in [0.717, 1.165) is 16.4 Å². The molecule has 0 bridgehead atoms. The molecule has 0 aliphatic carbocycles. The molecule has 0 unspecified atom stereocenters. The van der Waals surface area contributed by atoms with Crippen LogP contribution in [0, 0.1) is 13.8 Å². The van der Waals surface area contributed by atoms with E-state index in [4.69, 9.17) is 0 Å². The maximum Gasteiger partial charge on any atom is 0.416 e. The summed E-state index contributed by atoms with van der Waals surface area (Å²) in [7, 11) is -4.11. The summed E-state index contributed by atoms with van der Waals surface area (Å²) in [5.41, 5.74) is 0.245. The number of amides is 1. The number of piperazine rings is 1. The molecule has 0 spiro atoms. The van der Waals surface area contributed by atoms with Gasteiger partial charge in [0.1, 0.15) is 0 Å². The summed E-state index contributed by atoms with van der Waals surface area (Å²) >= 11 is 0. The molecule has 29 heavy (non-hydrogen) atoms. The van der Waals surface area contributed by atoms with Crippen molar-refractivity contribution < 1.29 is 26.4 Å². The van der Waals surface area contributed by atoms with Crippen LogP contribution in [0.5, 0.6) is 0 Å². The number of carbonyl (C=O) groups is 1. The molecule has 2 aromatic rings. The van der Waals surface area contributed by atoms with E-state index in [-0.39, 0.29) is 42.5 Å². The smallest absolute Gasteiger partial charge is 0.336 e.